The minimum absolute atomic E-state index is 0.0741. The quantitative estimate of drug-likeness (QED) is 0.729. The first-order chi connectivity index (χ1) is 12.0. The molecule has 2 aromatic rings. The van der Waals surface area contributed by atoms with Gasteiger partial charge in [0.25, 0.3) is 0 Å². The molecule has 9 nitrogen and oxygen atoms in total. The first kappa shape index (κ1) is 16.4. The number of nitrogens with zero attached hydrogens (tertiary/aromatic N) is 3. The molecule has 1 aliphatic rings. The smallest absolute Gasteiger partial charge is 0.417 e. The average molecular weight is 341 g/mol. The van der Waals surface area contributed by atoms with Gasteiger partial charge in [0.2, 0.25) is 5.91 Å². The molecule has 2 heterocycles. The summed E-state index contributed by atoms with van der Waals surface area (Å²) in [7, 11) is 0. The highest BCUT2D eigenvalue weighted by Crippen LogP contribution is 2.27. The number of benzene rings is 1. The third-order valence-corrected chi connectivity index (χ3v) is 3.54. The van der Waals surface area contributed by atoms with E-state index in [9.17, 15) is 14.7 Å². The number of hydrogen-bond donors (Lipinski definition) is 3. The molecule has 25 heavy (non-hydrogen) atoms. The van der Waals surface area contributed by atoms with Gasteiger partial charge in [0.05, 0.1) is 23.8 Å². The number of hydrazone groups is 1. The Kier molecular flexibility index (Phi) is 4.55. The van der Waals surface area contributed by atoms with Gasteiger partial charge in [-0.15, -0.1) is 0 Å². The van der Waals surface area contributed by atoms with Crippen LogP contribution in [0.1, 0.15) is 18.9 Å². The number of anilines is 1. The fourth-order valence-electron chi connectivity index (χ4n) is 2.38. The van der Waals surface area contributed by atoms with Crippen molar-refractivity contribution in [3.8, 4) is 11.5 Å². The summed E-state index contributed by atoms with van der Waals surface area (Å²) < 4.78 is 4.99. The predicted octanol–water partition coefficient (Wildman–Crippen LogP) is 1.65. The van der Waals surface area contributed by atoms with E-state index in [0.29, 0.717) is 17.7 Å². The Balaban J connectivity index is 1.72. The minimum atomic E-state index is -0.784. The fraction of sp³-hybridized carbons (Fsp3) is 0.188. The molecule has 3 N–H and O–H groups in total. The van der Waals surface area contributed by atoms with Gasteiger partial charge < -0.3 is 9.84 Å². The van der Waals surface area contributed by atoms with Crippen molar-refractivity contribution in [3.05, 3.63) is 42.5 Å². The highest BCUT2D eigenvalue weighted by molar-refractivity contribution is 6.06. The summed E-state index contributed by atoms with van der Waals surface area (Å²) in [5.74, 6) is -0.191. The van der Waals surface area contributed by atoms with Crippen LogP contribution in [0.4, 0.5) is 10.5 Å². The number of phenols is 1. The second kappa shape index (κ2) is 6.95. The maximum Gasteiger partial charge on any atom is 0.417 e. The molecule has 0 bridgehead atoms. The van der Waals surface area contributed by atoms with Crippen LogP contribution in [0.15, 0.2) is 42.0 Å². The molecule has 1 unspecified atom stereocenters. The summed E-state index contributed by atoms with van der Waals surface area (Å²) in [5, 5.41) is 16.6. The molecule has 0 aliphatic carbocycles. The van der Waals surface area contributed by atoms with Crippen molar-refractivity contribution in [2.45, 2.75) is 13.3 Å². The van der Waals surface area contributed by atoms with Crippen molar-refractivity contribution < 1.29 is 19.4 Å². The Hall–Kier alpha value is -3.49. The summed E-state index contributed by atoms with van der Waals surface area (Å²) in [4.78, 5) is 30.6. The average Bonchev–Trinajstić information content (AvgIpc) is 2.58. The van der Waals surface area contributed by atoms with Crippen molar-refractivity contribution in [2.75, 3.05) is 5.32 Å². The Morgan fingerprint density at radius 2 is 2.12 bits per heavy atom. The highest BCUT2D eigenvalue weighted by atomic mass is 16.6. The van der Waals surface area contributed by atoms with Gasteiger partial charge in [-0.1, -0.05) is 13.0 Å². The lowest BCUT2D eigenvalue weighted by Gasteiger charge is -2.19. The molecule has 1 aromatic heterocycles. The SMILES string of the molecule is CC1CC(=O)NN=C1c1ccc(NC(=O)Oc2cncnc2)c(O)c1. The number of rotatable bonds is 3. The van der Waals surface area contributed by atoms with E-state index in [2.05, 4.69) is 25.8 Å². The van der Waals surface area contributed by atoms with Crippen LogP contribution in [0.2, 0.25) is 0 Å². The van der Waals surface area contributed by atoms with Crippen molar-refractivity contribution in [2.24, 2.45) is 11.0 Å². The van der Waals surface area contributed by atoms with Gasteiger partial charge in [-0.3, -0.25) is 10.1 Å². The highest BCUT2D eigenvalue weighted by Gasteiger charge is 2.22. The van der Waals surface area contributed by atoms with Gasteiger partial charge >= 0.3 is 6.09 Å². The minimum Gasteiger partial charge on any atom is -0.506 e. The van der Waals surface area contributed by atoms with Crippen molar-refractivity contribution in [1.82, 2.24) is 15.4 Å². The van der Waals surface area contributed by atoms with Gasteiger partial charge in [0, 0.05) is 17.9 Å². The standard InChI is InChI=1S/C16H15N5O4/c1-9-4-14(23)20-21-15(9)10-2-3-12(13(22)5-10)19-16(24)25-11-6-17-8-18-7-11/h2-3,5-9,22H,4H2,1H3,(H,19,24)(H,20,23). The van der Waals surface area contributed by atoms with Gasteiger partial charge in [-0.25, -0.2) is 20.2 Å². The molecule has 1 atom stereocenters. The molecule has 0 saturated heterocycles. The van der Waals surface area contributed by atoms with E-state index in [1.807, 2.05) is 6.92 Å². The second-order valence-corrected chi connectivity index (χ2v) is 5.46. The Bertz CT molecular complexity index is 838. The molecule has 3 rings (SSSR count). The zero-order chi connectivity index (χ0) is 17.8. The van der Waals surface area contributed by atoms with E-state index in [4.69, 9.17) is 4.74 Å². The zero-order valence-electron chi connectivity index (χ0n) is 13.3. The summed E-state index contributed by atoms with van der Waals surface area (Å²) in [6.45, 7) is 1.88. The van der Waals surface area contributed by atoms with E-state index < -0.39 is 6.09 Å². The van der Waals surface area contributed by atoms with Gasteiger partial charge in [0.15, 0.2) is 5.75 Å². The van der Waals surface area contributed by atoms with E-state index in [1.54, 1.807) is 6.07 Å². The van der Waals surface area contributed by atoms with Crippen LogP contribution in [0.3, 0.4) is 0 Å². The van der Waals surface area contributed by atoms with Crippen LogP contribution in [0.5, 0.6) is 11.5 Å². The number of carbonyl (C=O) groups is 2. The van der Waals surface area contributed by atoms with Crippen LogP contribution in [0.25, 0.3) is 0 Å². The zero-order valence-corrected chi connectivity index (χ0v) is 13.3. The maximum absolute atomic E-state index is 11.8. The lowest BCUT2D eigenvalue weighted by molar-refractivity contribution is -0.121. The van der Waals surface area contributed by atoms with Crippen molar-refractivity contribution in [1.29, 1.82) is 0 Å². The Morgan fingerprint density at radius 1 is 1.36 bits per heavy atom. The van der Waals surface area contributed by atoms with Crippen LogP contribution >= 0.6 is 0 Å². The largest absolute Gasteiger partial charge is 0.506 e. The van der Waals surface area contributed by atoms with E-state index >= 15 is 0 Å². The van der Waals surface area contributed by atoms with Gasteiger partial charge in [-0.2, -0.15) is 5.10 Å². The van der Waals surface area contributed by atoms with E-state index in [-0.39, 0.29) is 29.0 Å². The van der Waals surface area contributed by atoms with E-state index in [1.165, 1.54) is 30.9 Å². The lowest BCUT2D eigenvalue weighted by atomic mass is 9.94. The number of aromatic hydroxyl groups is 1. The first-order valence-corrected chi connectivity index (χ1v) is 7.46. The van der Waals surface area contributed by atoms with Crippen LogP contribution in [-0.4, -0.2) is 32.8 Å². The fourth-order valence-corrected chi connectivity index (χ4v) is 2.38. The summed E-state index contributed by atoms with van der Waals surface area (Å²) in [6.07, 6.45) is 3.53. The molecule has 2 amide bonds. The number of ether oxygens (including phenoxy) is 1. The molecule has 1 aromatic carbocycles. The number of carbonyl (C=O) groups excluding carboxylic acids is 2. The Labute approximate surface area is 142 Å². The second-order valence-electron chi connectivity index (χ2n) is 5.46. The Morgan fingerprint density at radius 3 is 2.80 bits per heavy atom. The molecule has 0 radical (unpaired) electrons. The van der Waals surface area contributed by atoms with Crippen LogP contribution in [-0.2, 0) is 4.79 Å². The van der Waals surface area contributed by atoms with Gasteiger partial charge in [0.1, 0.15) is 12.1 Å². The summed E-state index contributed by atoms with van der Waals surface area (Å²) in [6, 6.07) is 4.68. The van der Waals surface area contributed by atoms with Crippen LogP contribution in [0, 0.1) is 5.92 Å². The molecule has 9 heteroatoms. The third kappa shape index (κ3) is 3.89. The molecular weight excluding hydrogens is 326 g/mol. The molecule has 128 valence electrons. The van der Waals surface area contributed by atoms with E-state index in [0.717, 1.165) is 0 Å². The van der Waals surface area contributed by atoms with Crippen molar-refractivity contribution >= 4 is 23.4 Å². The number of hydrogen-bond acceptors (Lipinski definition) is 7. The maximum atomic E-state index is 11.8. The molecule has 0 spiro atoms. The predicted molar refractivity (Wildman–Crippen MR) is 88.2 cm³/mol. The number of phenolic OH excluding ortho intramolecular Hbond substituents is 1. The molecule has 1 aliphatic heterocycles. The lowest BCUT2D eigenvalue weighted by Crippen LogP contribution is -2.31. The monoisotopic (exact) mass is 341 g/mol. The number of nitrogens with one attached hydrogen (secondary N) is 2. The third-order valence-electron chi connectivity index (χ3n) is 3.54. The molecule has 0 fully saturated rings. The molecular formula is C16H15N5O4. The number of aromatic nitrogens is 2. The van der Waals surface area contributed by atoms with Crippen LogP contribution < -0.4 is 15.5 Å². The first-order valence-electron chi connectivity index (χ1n) is 7.46. The molecule has 0 saturated carbocycles. The topological polar surface area (TPSA) is 126 Å². The van der Waals surface area contributed by atoms with Crippen molar-refractivity contribution in [3.63, 3.8) is 0 Å². The summed E-state index contributed by atoms with van der Waals surface area (Å²) in [5.41, 5.74) is 3.91. The summed E-state index contributed by atoms with van der Waals surface area (Å²) >= 11 is 0. The van der Waals surface area contributed by atoms with Gasteiger partial charge in [-0.05, 0) is 12.1 Å². The normalized spacial score (nSPS) is 16.6. The number of amides is 2.